The number of carbonyl (C=O) groups is 2. The van der Waals surface area contributed by atoms with Crippen LogP contribution in [0.25, 0.3) is 0 Å². The standard InChI is InChI=1S/C18H21NO5/c1-10(2)24-14-6-5-13(7-11(14)3)19-18(22)17-12(4)9-23-15(17)8-16(20)21/h5-7,9-10H,8H2,1-4H3,(H,19,22)(H,20,21). The van der Waals surface area contributed by atoms with Crippen molar-refractivity contribution in [2.24, 2.45) is 0 Å². The highest BCUT2D eigenvalue weighted by Gasteiger charge is 2.20. The average Bonchev–Trinajstić information content (AvgIpc) is 2.81. The molecular weight excluding hydrogens is 310 g/mol. The Morgan fingerprint density at radius 1 is 1.25 bits per heavy atom. The maximum absolute atomic E-state index is 12.5. The normalized spacial score (nSPS) is 10.7. The van der Waals surface area contributed by atoms with Crippen LogP contribution in [0.3, 0.4) is 0 Å². The van der Waals surface area contributed by atoms with Crippen molar-refractivity contribution in [3.8, 4) is 5.75 Å². The molecule has 0 bridgehead atoms. The van der Waals surface area contributed by atoms with Crippen LogP contribution in [-0.4, -0.2) is 23.1 Å². The number of nitrogens with one attached hydrogen (secondary N) is 1. The largest absolute Gasteiger partial charge is 0.491 e. The molecule has 1 aromatic heterocycles. The molecule has 0 radical (unpaired) electrons. The van der Waals surface area contributed by atoms with E-state index >= 15 is 0 Å². The number of furan rings is 1. The van der Waals surface area contributed by atoms with Gasteiger partial charge in [0.25, 0.3) is 5.91 Å². The third-order valence-electron chi connectivity index (χ3n) is 3.39. The number of ether oxygens (including phenoxy) is 1. The van der Waals surface area contributed by atoms with Crippen LogP contribution in [0, 0.1) is 13.8 Å². The maximum Gasteiger partial charge on any atom is 0.311 e. The second-order valence-electron chi connectivity index (χ2n) is 5.89. The van der Waals surface area contributed by atoms with Gasteiger partial charge in [-0.1, -0.05) is 0 Å². The SMILES string of the molecule is Cc1cc(NC(=O)c2c(C)coc2CC(=O)O)ccc1OC(C)C. The van der Waals surface area contributed by atoms with E-state index in [0.29, 0.717) is 11.3 Å². The second kappa shape index (κ2) is 7.21. The van der Waals surface area contributed by atoms with Crippen LogP contribution >= 0.6 is 0 Å². The molecule has 0 aliphatic heterocycles. The Morgan fingerprint density at radius 2 is 1.96 bits per heavy atom. The first-order chi connectivity index (χ1) is 11.3. The zero-order chi connectivity index (χ0) is 17.9. The number of benzene rings is 1. The molecule has 128 valence electrons. The summed E-state index contributed by atoms with van der Waals surface area (Å²) in [6.07, 6.45) is 1.12. The van der Waals surface area contributed by atoms with Gasteiger partial charge in [-0.2, -0.15) is 0 Å². The summed E-state index contributed by atoms with van der Waals surface area (Å²) in [5, 5.41) is 11.7. The smallest absolute Gasteiger partial charge is 0.311 e. The molecule has 1 amide bonds. The predicted octanol–water partition coefficient (Wildman–Crippen LogP) is 3.56. The number of amides is 1. The Balaban J connectivity index is 2.20. The highest BCUT2D eigenvalue weighted by Crippen LogP contribution is 2.24. The van der Waals surface area contributed by atoms with Crippen LogP contribution in [-0.2, 0) is 11.2 Å². The lowest BCUT2D eigenvalue weighted by molar-refractivity contribution is -0.136. The zero-order valence-electron chi connectivity index (χ0n) is 14.2. The van der Waals surface area contributed by atoms with Crippen LogP contribution in [0.2, 0.25) is 0 Å². The number of carboxylic acid groups (broad SMARTS) is 1. The quantitative estimate of drug-likeness (QED) is 0.845. The Bertz CT molecular complexity index is 761. The van der Waals surface area contributed by atoms with Crippen LogP contribution in [0.1, 0.15) is 41.1 Å². The van der Waals surface area contributed by atoms with Crippen molar-refractivity contribution in [1.82, 2.24) is 0 Å². The van der Waals surface area contributed by atoms with Gasteiger partial charge < -0.3 is 19.6 Å². The third-order valence-corrected chi connectivity index (χ3v) is 3.39. The minimum absolute atomic E-state index is 0.0660. The summed E-state index contributed by atoms with van der Waals surface area (Å²) in [7, 11) is 0. The third kappa shape index (κ3) is 4.16. The van der Waals surface area contributed by atoms with Crippen LogP contribution in [0.5, 0.6) is 5.75 Å². The zero-order valence-corrected chi connectivity index (χ0v) is 14.2. The maximum atomic E-state index is 12.5. The summed E-state index contributed by atoms with van der Waals surface area (Å²) in [5.41, 5.74) is 2.37. The number of rotatable bonds is 6. The summed E-state index contributed by atoms with van der Waals surface area (Å²) in [6, 6.07) is 5.35. The Hall–Kier alpha value is -2.76. The van der Waals surface area contributed by atoms with Crippen molar-refractivity contribution in [2.45, 2.75) is 40.2 Å². The van der Waals surface area contributed by atoms with Gasteiger partial charge in [-0.15, -0.1) is 0 Å². The van der Waals surface area contributed by atoms with Gasteiger partial charge in [-0.05, 0) is 51.5 Å². The number of carbonyl (C=O) groups excluding carboxylic acids is 1. The molecule has 0 saturated heterocycles. The lowest BCUT2D eigenvalue weighted by atomic mass is 10.1. The van der Waals surface area contributed by atoms with Gasteiger partial charge in [0.2, 0.25) is 0 Å². The fourth-order valence-electron chi connectivity index (χ4n) is 2.38. The minimum atomic E-state index is -1.05. The molecule has 0 aliphatic rings. The molecule has 0 fully saturated rings. The van der Waals surface area contributed by atoms with Gasteiger partial charge in [0.1, 0.15) is 17.9 Å². The second-order valence-corrected chi connectivity index (χ2v) is 5.89. The Morgan fingerprint density at radius 3 is 2.54 bits per heavy atom. The molecule has 6 nitrogen and oxygen atoms in total. The van der Waals surface area contributed by atoms with Crippen LogP contribution < -0.4 is 10.1 Å². The van der Waals surface area contributed by atoms with E-state index in [9.17, 15) is 9.59 Å². The topological polar surface area (TPSA) is 88.8 Å². The molecule has 24 heavy (non-hydrogen) atoms. The van der Waals surface area contributed by atoms with E-state index in [-0.39, 0.29) is 23.8 Å². The van der Waals surface area contributed by atoms with Crippen molar-refractivity contribution < 1.29 is 23.8 Å². The van der Waals surface area contributed by atoms with E-state index in [4.69, 9.17) is 14.3 Å². The lowest BCUT2D eigenvalue weighted by Crippen LogP contribution is -2.15. The number of hydrogen-bond donors (Lipinski definition) is 2. The number of aliphatic carboxylic acids is 1. The predicted molar refractivity (Wildman–Crippen MR) is 89.7 cm³/mol. The first-order valence-electron chi connectivity index (χ1n) is 7.65. The molecule has 2 N–H and O–H groups in total. The lowest BCUT2D eigenvalue weighted by Gasteiger charge is -2.14. The first-order valence-corrected chi connectivity index (χ1v) is 7.65. The van der Waals surface area contributed by atoms with Crippen molar-refractivity contribution in [3.05, 3.63) is 46.9 Å². The highest BCUT2D eigenvalue weighted by molar-refractivity contribution is 6.06. The molecular formula is C18H21NO5. The molecule has 0 saturated carbocycles. The van der Waals surface area contributed by atoms with Gasteiger partial charge in [-0.3, -0.25) is 9.59 Å². The number of hydrogen-bond acceptors (Lipinski definition) is 4. The fourth-order valence-corrected chi connectivity index (χ4v) is 2.38. The molecule has 0 unspecified atom stereocenters. The van der Waals surface area contributed by atoms with Gasteiger partial charge in [0.05, 0.1) is 17.9 Å². The monoisotopic (exact) mass is 331 g/mol. The minimum Gasteiger partial charge on any atom is -0.491 e. The Labute approximate surface area is 140 Å². The van der Waals surface area contributed by atoms with Gasteiger partial charge in [0.15, 0.2) is 0 Å². The van der Waals surface area contributed by atoms with E-state index in [2.05, 4.69) is 5.32 Å². The van der Waals surface area contributed by atoms with Crippen LogP contribution in [0.4, 0.5) is 5.69 Å². The molecule has 2 aromatic rings. The number of aryl methyl sites for hydroxylation is 2. The molecule has 2 rings (SSSR count). The molecule has 0 aliphatic carbocycles. The highest BCUT2D eigenvalue weighted by atomic mass is 16.5. The summed E-state index contributed by atoms with van der Waals surface area (Å²) in [5.74, 6) is -0.540. The summed E-state index contributed by atoms with van der Waals surface area (Å²) >= 11 is 0. The van der Waals surface area contributed by atoms with Gasteiger partial charge in [-0.25, -0.2) is 0 Å². The number of anilines is 1. The first kappa shape index (κ1) is 17.6. The van der Waals surface area contributed by atoms with Crippen molar-refractivity contribution in [1.29, 1.82) is 0 Å². The van der Waals surface area contributed by atoms with E-state index in [1.54, 1.807) is 19.1 Å². The van der Waals surface area contributed by atoms with Crippen molar-refractivity contribution in [2.75, 3.05) is 5.32 Å². The molecule has 0 spiro atoms. The summed E-state index contributed by atoms with van der Waals surface area (Å²) in [6.45, 7) is 7.49. The number of carboxylic acids is 1. The summed E-state index contributed by atoms with van der Waals surface area (Å²) in [4.78, 5) is 23.4. The molecule has 0 atom stereocenters. The van der Waals surface area contributed by atoms with E-state index in [1.807, 2.05) is 26.8 Å². The van der Waals surface area contributed by atoms with E-state index in [1.165, 1.54) is 6.26 Å². The summed E-state index contributed by atoms with van der Waals surface area (Å²) < 4.78 is 10.9. The van der Waals surface area contributed by atoms with Crippen LogP contribution in [0.15, 0.2) is 28.9 Å². The van der Waals surface area contributed by atoms with Crippen molar-refractivity contribution >= 4 is 17.6 Å². The van der Waals surface area contributed by atoms with E-state index in [0.717, 1.165) is 11.3 Å². The molecule has 6 heteroatoms. The average molecular weight is 331 g/mol. The van der Waals surface area contributed by atoms with Gasteiger partial charge >= 0.3 is 5.97 Å². The van der Waals surface area contributed by atoms with Gasteiger partial charge in [0, 0.05) is 11.3 Å². The molecule has 1 heterocycles. The Kier molecular flexibility index (Phi) is 5.28. The van der Waals surface area contributed by atoms with E-state index < -0.39 is 11.9 Å². The van der Waals surface area contributed by atoms with Crippen molar-refractivity contribution in [3.63, 3.8) is 0 Å². The fraction of sp³-hybridized carbons (Fsp3) is 0.333. The molecule has 1 aromatic carbocycles.